The van der Waals surface area contributed by atoms with Gasteiger partial charge in [0.1, 0.15) is 0 Å². The van der Waals surface area contributed by atoms with E-state index in [-0.39, 0.29) is 0 Å². The molecule has 1 N–H and O–H groups in total. The van der Waals surface area contributed by atoms with Crippen LogP contribution in [0.5, 0.6) is 0 Å². The molecule has 12 heavy (non-hydrogen) atoms. The predicted molar refractivity (Wildman–Crippen MR) is 51.4 cm³/mol. The van der Waals surface area contributed by atoms with Crippen LogP contribution in [-0.4, -0.2) is 13.1 Å². The largest absolute Gasteiger partial charge is 0.316 e. The molecule has 0 aliphatic carbocycles. The topological polar surface area (TPSA) is 12.0 Å². The summed E-state index contributed by atoms with van der Waals surface area (Å²) in [5.41, 5.74) is 2.84. The molecule has 0 aromatic heterocycles. The van der Waals surface area contributed by atoms with Crippen molar-refractivity contribution in [3.05, 3.63) is 35.4 Å². The normalized spacial score (nSPS) is 22.9. The molecule has 1 heteroatoms. The highest BCUT2D eigenvalue weighted by Crippen LogP contribution is 2.21. The van der Waals surface area contributed by atoms with Crippen molar-refractivity contribution in [3.63, 3.8) is 0 Å². The van der Waals surface area contributed by atoms with Gasteiger partial charge in [-0.15, -0.1) is 0 Å². The van der Waals surface area contributed by atoms with Crippen molar-refractivity contribution < 1.29 is 0 Å². The van der Waals surface area contributed by atoms with E-state index < -0.39 is 0 Å². The summed E-state index contributed by atoms with van der Waals surface area (Å²) in [6, 6.07) is 8.92. The van der Waals surface area contributed by atoms with E-state index >= 15 is 0 Å². The Bertz CT molecular complexity index is 244. The quantitative estimate of drug-likeness (QED) is 0.665. The zero-order valence-corrected chi connectivity index (χ0v) is 7.51. The molecule has 1 heterocycles. The molecule has 1 saturated heterocycles. The fourth-order valence-electron chi connectivity index (χ4n) is 1.78. The van der Waals surface area contributed by atoms with E-state index in [2.05, 4.69) is 36.5 Å². The van der Waals surface area contributed by atoms with E-state index in [4.69, 9.17) is 0 Å². The molecule has 0 saturated carbocycles. The van der Waals surface area contributed by atoms with Crippen LogP contribution in [0.3, 0.4) is 0 Å². The first-order valence-corrected chi connectivity index (χ1v) is 4.63. The van der Waals surface area contributed by atoms with Crippen LogP contribution in [0.15, 0.2) is 24.3 Å². The molecule has 1 fully saturated rings. The molecule has 2 rings (SSSR count). The van der Waals surface area contributed by atoms with Crippen LogP contribution < -0.4 is 5.32 Å². The van der Waals surface area contributed by atoms with E-state index in [1.54, 1.807) is 0 Å². The first kappa shape index (κ1) is 7.81. The van der Waals surface area contributed by atoms with Crippen LogP contribution in [0, 0.1) is 6.92 Å². The Labute approximate surface area is 73.8 Å². The summed E-state index contributed by atoms with van der Waals surface area (Å²) < 4.78 is 0. The fraction of sp³-hybridized carbons (Fsp3) is 0.455. The average molecular weight is 161 g/mol. The Balaban J connectivity index is 2.17. The van der Waals surface area contributed by atoms with Gasteiger partial charge in [0.2, 0.25) is 0 Å². The molecule has 1 aromatic rings. The molecule has 64 valence electrons. The van der Waals surface area contributed by atoms with Gasteiger partial charge in [-0.1, -0.05) is 29.8 Å². The Kier molecular flexibility index (Phi) is 2.13. The number of hydrogen-bond donors (Lipinski definition) is 1. The van der Waals surface area contributed by atoms with Gasteiger partial charge in [-0.3, -0.25) is 0 Å². The summed E-state index contributed by atoms with van der Waals surface area (Å²) >= 11 is 0. The smallest absolute Gasteiger partial charge is 0.00206 e. The number of hydrogen-bond acceptors (Lipinski definition) is 1. The molecule has 1 aliphatic heterocycles. The lowest BCUT2D eigenvalue weighted by molar-refractivity contribution is 0.763. The highest BCUT2D eigenvalue weighted by Gasteiger charge is 2.15. The number of aryl methyl sites for hydroxylation is 1. The molecular weight excluding hydrogens is 146 g/mol. The van der Waals surface area contributed by atoms with Gasteiger partial charge in [-0.25, -0.2) is 0 Å². The molecule has 1 aromatic carbocycles. The summed E-state index contributed by atoms with van der Waals surface area (Å²) in [6.07, 6.45) is 1.29. The first-order chi connectivity index (χ1) is 5.86. The third-order valence-electron chi connectivity index (χ3n) is 2.61. The maximum absolute atomic E-state index is 3.39. The minimum atomic E-state index is 0.755. The third kappa shape index (κ3) is 1.51. The van der Waals surface area contributed by atoms with Crippen LogP contribution in [0.25, 0.3) is 0 Å². The maximum Gasteiger partial charge on any atom is 0.00206 e. The molecule has 1 aliphatic rings. The SMILES string of the molecule is Cc1ccc([C@@H]2CCNC2)cc1. The summed E-state index contributed by atoms with van der Waals surface area (Å²) in [5.74, 6) is 0.755. The molecular formula is C11H15N. The van der Waals surface area contributed by atoms with E-state index in [0.29, 0.717) is 0 Å². The van der Waals surface area contributed by atoms with Crippen molar-refractivity contribution in [2.45, 2.75) is 19.3 Å². The van der Waals surface area contributed by atoms with Crippen LogP contribution in [0.2, 0.25) is 0 Å². The van der Waals surface area contributed by atoms with E-state index in [9.17, 15) is 0 Å². The van der Waals surface area contributed by atoms with Crippen LogP contribution in [-0.2, 0) is 0 Å². The summed E-state index contributed by atoms with van der Waals surface area (Å²) in [5, 5.41) is 3.39. The van der Waals surface area contributed by atoms with Gasteiger partial charge in [0.05, 0.1) is 0 Å². The monoisotopic (exact) mass is 161 g/mol. The molecule has 0 amide bonds. The second-order valence-corrected chi connectivity index (χ2v) is 3.60. The van der Waals surface area contributed by atoms with Crippen LogP contribution in [0.4, 0.5) is 0 Å². The fourth-order valence-corrected chi connectivity index (χ4v) is 1.78. The zero-order valence-electron chi connectivity index (χ0n) is 7.51. The highest BCUT2D eigenvalue weighted by molar-refractivity contribution is 5.25. The van der Waals surface area contributed by atoms with Crippen molar-refractivity contribution in [3.8, 4) is 0 Å². The third-order valence-corrected chi connectivity index (χ3v) is 2.61. The molecule has 0 bridgehead atoms. The van der Waals surface area contributed by atoms with Crippen LogP contribution >= 0.6 is 0 Å². The standard InChI is InChI=1S/C11H15N/c1-9-2-4-10(5-3-9)11-6-7-12-8-11/h2-5,11-12H,6-8H2,1H3/t11-/m1/s1. The van der Waals surface area contributed by atoms with Crippen molar-refractivity contribution in [1.29, 1.82) is 0 Å². The van der Waals surface area contributed by atoms with E-state index in [1.165, 1.54) is 24.1 Å². The van der Waals surface area contributed by atoms with Crippen molar-refractivity contribution in [1.82, 2.24) is 5.32 Å². The van der Waals surface area contributed by atoms with Gasteiger partial charge < -0.3 is 5.32 Å². The second-order valence-electron chi connectivity index (χ2n) is 3.60. The second kappa shape index (κ2) is 3.28. The Morgan fingerprint density at radius 3 is 2.58 bits per heavy atom. The van der Waals surface area contributed by atoms with Gasteiger partial charge in [-0.2, -0.15) is 0 Å². The van der Waals surface area contributed by atoms with Crippen molar-refractivity contribution >= 4 is 0 Å². The molecule has 1 nitrogen and oxygen atoms in total. The minimum Gasteiger partial charge on any atom is -0.316 e. The van der Waals surface area contributed by atoms with Gasteiger partial charge in [0, 0.05) is 6.54 Å². The summed E-state index contributed by atoms with van der Waals surface area (Å²) in [6.45, 7) is 4.47. The Hall–Kier alpha value is -0.820. The van der Waals surface area contributed by atoms with Crippen molar-refractivity contribution in [2.75, 3.05) is 13.1 Å². The van der Waals surface area contributed by atoms with Gasteiger partial charge in [-0.05, 0) is 31.4 Å². The lowest BCUT2D eigenvalue weighted by Crippen LogP contribution is -2.07. The maximum atomic E-state index is 3.39. The average Bonchev–Trinajstić information content (AvgIpc) is 2.58. The zero-order chi connectivity index (χ0) is 8.39. The van der Waals surface area contributed by atoms with Crippen molar-refractivity contribution in [2.24, 2.45) is 0 Å². The van der Waals surface area contributed by atoms with Gasteiger partial charge >= 0.3 is 0 Å². The minimum absolute atomic E-state index is 0.755. The lowest BCUT2D eigenvalue weighted by Gasteiger charge is -2.07. The van der Waals surface area contributed by atoms with E-state index in [1.807, 2.05) is 0 Å². The Morgan fingerprint density at radius 1 is 1.25 bits per heavy atom. The van der Waals surface area contributed by atoms with Gasteiger partial charge in [0.15, 0.2) is 0 Å². The number of benzene rings is 1. The Morgan fingerprint density at radius 2 is 2.00 bits per heavy atom. The molecule has 0 spiro atoms. The van der Waals surface area contributed by atoms with Gasteiger partial charge in [0.25, 0.3) is 0 Å². The highest BCUT2D eigenvalue weighted by atomic mass is 14.9. The number of nitrogens with one attached hydrogen (secondary N) is 1. The molecule has 0 unspecified atom stereocenters. The van der Waals surface area contributed by atoms with E-state index in [0.717, 1.165) is 12.5 Å². The predicted octanol–water partition coefficient (Wildman–Crippen LogP) is 2.07. The molecule has 1 atom stereocenters. The van der Waals surface area contributed by atoms with Crippen LogP contribution in [0.1, 0.15) is 23.5 Å². The summed E-state index contributed by atoms with van der Waals surface area (Å²) in [7, 11) is 0. The molecule has 0 radical (unpaired) electrons. The number of rotatable bonds is 1. The lowest BCUT2D eigenvalue weighted by atomic mass is 9.98. The first-order valence-electron chi connectivity index (χ1n) is 4.63. The summed E-state index contributed by atoms with van der Waals surface area (Å²) in [4.78, 5) is 0.